The Morgan fingerprint density at radius 3 is 2.70 bits per heavy atom. The molecule has 1 amide bonds. The van der Waals surface area contributed by atoms with Crippen LogP contribution >= 0.6 is 0 Å². The number of para-hydroxylation sites is 2. The van der Waals surface area contributed by atoms with Gasteiger partial charge in [-0.25, -0.2) is 4.98 Å². The lowest BCUT2D eigenvalue weighted by molar-refractivity contribution is -0.153. The molecule has 1 atom stereocenters. The van der Waals surface area contributed by atoms with E-state index in [9.17, 15) is 9.59 Å². The van der Waals surface area contributed by atoms with E-state index in [1.165, 1.54) is 0 Å². The number of nitrogens with one attached hydrogen (secondary N) is 1. The Balaban J connectivity index is 1.51. The van der Waals surface area contributed by atoms with Crippen LogP contribution in [0.1, 0.15) is 30.4 Å². The number of fused-ring (bicyclic) bond motifs is 1. The summed E-state index contributed by atoms with van der Waals surface area (Å²) in [6.07, 6.45) is -0.478. The molecule has 1 aromatic heterocycles. The number of esters is 1. The molecule has 6 heteroatoms. The molecule has 0 fully saturated rings. The van der Waals surface area contributed by atoms with E-state index in [1.807, 2.05) is 56.3 Å². The molecule has 1 N–H and O–H groups in total. The maximum atomic E-state index is 12.3. The van der Waals surface area contributed by atoms with Gasteiger partial charge in [-0.3, -0.25) is 9.59 Å². The molecule has 3 aromatic rings. The lowest BCUT2D eigenvalue weighted by Gasteiger charge is -2.14. The summed E-state index contributed by atoms with van der Waals surface area (Å²) in [5, 5.41) is 2.79. The molecule has 1 heterocycles. The molecule has 0 bridgehead atoms. The van der Waals surface area contributed by atoms with Crippen LogP contribution in [0.3, 0.4) is 0 Å². The summed E-state index contributed by atoms with van der Waals surface area (Å²) in [5.74, 6) is -0.363. The Hall–Kier alpha value is -3.15. The minimum absolute atomic E-state index is 0.0913. The Bertz CT molecular complexity index is 944. The molecule has 140 valence electrons. The zero-order valence-electron chi connectivity index (χ0n) is 15.6. The van der Waals surface area contributed by atoms with Crippen molar-refractivity contribution in [2.45, 2.75) is 39.7 Å². The zero-order valence-corrected chi connectivity index (χ0v) is 15.6. The number of carbonyl (C=O) groups excluding carboxylic acids is 2. The molecule has 3 rings (SSSR count). The lowest BCUT2D eigenvalue weighted by Crippen LogP contribution is -2.30. The fraction of sp³-hybridized carbons (Fsp3) is 0.286. The number of hydrogen-bond donors (Lipinski definition) is 1. The smallest absolute Gasteiger partial charge is 0.307 e. The van der Waals surface area contributed by atoms with Crippen LogP contribution in [-0.4, -0.2) is 23.0 Å². The van der Waals surface area contributed by atoms with E-state index in [0.29, 0.717) is 23.6 Å². The number of aromatic nitrogens is 1. The van der Waals surface area contributed by atoms with Crippen molar-refractivity contribution in [3.05, 3.63) is 59.5 Å². The van der Waals surface area contributed by atoms with Crippen molar-refractivity contribution in [1.82, 2.24) is 4.98 Å². The van der Waals surface area contributed by atoms with Gasteiger partial charge in [0.15, 0.2) is 17.6 Å². The fourth-order valence-corrected chi connectivity index (χ4v) is 2.73. The molecular formula is C21H22N2O4. The Kier molecular flexibility index (Phi) is 5.54. The fourth-order valence-electron chi connectivity index (χ4n) is 2.73. The minimum Gasteiger partial charge on any atom is -0.453 e. The van der Waals surface area contributed by atoms with Crippen LogP contribution in [0.15, 0.2) is 46.9 Å². The van der Waals surface area contributed by atoms with Gasteiger partial charge in [0.05, 0.1) is 6.42 Å². The first-order chi connectivity index (χ1) is 12.9. The maximum Gasteiger partial charge on any atom is 0.307 e. The number of anilines is 1. The first-order valence-corrected chi connectivity index (χ1v) is 8.84. The number of benzene rings is 2. The Morgan fingerprint density at radius 1 is 1.19 bits per heavy atom. The lowest BCUT2D eigenvalue weighted by atomic mass is 10.1. The third-order valence-electron chi connectivity index (χ3n) is 4.20. The van der Waals surface area contributed by atoms with Crippen molar-refractivity contribution in [2.75, 3.05) is 5.32 Å². The highest BCUT2D eigenvalue weighted by Gasteiger charge is 2.19. The highest BCUT2D eigenvalue weighted by molar-refractivity contribution is 5.95. The van der Waals surface area contributed by atoms with Gasteiger partial charge in [-0.05, 0) is 44.5 Å². The normalized spacial score (nSPS) is 12.0. The number of carbonyl (C=O) groups is 2. The van der Waals surface area contributed by atoms with Crippen molar-refractivity contribution < 1.29 is 18.7 Å². The van der Waals surface area contributed by atoms with Crippen molar-refractivity contribution >= 4 is 28.7 Å². The molecule has 2 aromatic carbocycles. The summed E-state index contributed by atoms with van der Waals surface area (Å²) < 4.78 is 10.8. The number of ether oxygens (including phenoxy) is 1. The highest BCUT2D eigenvalue weighted by atomic mass is 16.5. The van der Waals surface area contributed by atoms with E-state index in [-0.39, 0.29) is 12.3 Å². The number of oxazole rings is 1. The van der Waals surface area contributed by atoms with Gasteiger partial charge in [0, 0.05) is 12.1 Å². The third-order valence-corrected chi connectivity index (χ3v) is 4.20. The number of amides is 1. The maximum absolute atomic E-state index is 12.3. The number of rotatable bonds is 6. The van der Waals surface area contributed by atoms with Gasteiger partial charge in [-0.1, -0.05) is 29.8 Å². The van der Waals surface area contributed by atoms with Gasteiger partial charge in [0.25, 0.3) is 5.91 Å². The van der Waals surface area contributed by atoms with Gasteiger partial charge in [0.2, 0.25) is 0 Å². The topological polar surface area (TPSA) is 81.4 Å². The molecule has 0 radical (unpaired) electrons. The van der Waals surface area contributed by atoms with Crippen LogP contribution in [0.4, 0.5) is 5.69 Å². The van der Waals surface area contributed by atoms with Crippen molar-refractivity contribution in [3.8, 4) is 0 Å². The van der Waals surface area contributed by atoms with Gasteiger partial charge < -0.3 is 14.5 Å². The first-order valence-electron chi connectivity index (χ1n) is 8.84. The van der Waals surface area contributed by atoms with Crippen LogP contribution < -0.4 is 5.32 Å². The number of nitrogens with zero attached hydrogens (tertiary/aromatic N) is 1. The van der Waals surface area contributed by atoms with E-state index in [0.717, 1.165) is 16.6 Å². The van der Waals surface area contributed by atoms with Crippen LogP contribution in [0.2, 0.25) is 0 Å². The Labute approximate surface area is 157 Å². The zero-order chi connectivity index (χ0) is 19.4. The standard InChI is InChI=1S/C21H22N2O4/c1-13-8-9-16(14(2)12-13)23-21(25)15(3)26-20(24)11-10-19-22-17-6-4-5-7-18(17)27-19/h4-9,12,15H,10-11H2,1-3H3,(H,23,25)/t15-/m1/s1. The highest BCUT2D eigenvalue weighted by Crippen LogP contribution is 2.17. The molecule has 0 aliphatic heterocycles. The summed E-state index contributed by atoms with van der Waals surface area (Å²) in [6, 6.07) is 13.1. The molecule has 0 spiro atoms. The number of aryl methyl sites for hydroxylation is 3. The second-order valence-electron chi connectivity index (χ2n) is 6.52. The predicted molar refractivity (Wildman–Crippen MR) is 102 cm³/mol. The van der Waals surface area contributed by atoms with Crippen LogP contribution in [0.25, 0.3) is 11.1 Å². The van der Waals surface area contributed by atoms with Crippen molar-refractivity contribution in [1.29, 1.82) is 0 Å². The molecule has 0 saturated heterocycles. The van der Waals surface area contributed by atoms with E-state index >= 15 is 0 Å². The van der Waals surface area contributed by atoms with Crippen molar-refractivity contribution in [2.24, 2.45) is 0 Å². The summed E-state index contributed by atoms with van der Waals surface area (Å²) in [5.41, 5.74) is 4.21. The largest absolute Gasteiger partial charge is 0.453 e. The summed E-state index contributed by atoms with van der Waals surface area (Å²) in [7, 11) is 0. The summed E-state index contributed by atoms with van der Waals surface area (Å²) in [4.78, 5) is 28.6. The Morgan fingerprint density at radius 2 is 1.96 bits per heavy atom. The van der Waals surface area contributed by atoms with E-state index in [2.05, 4.69) is 10.3 Å². The monoisotopic (exact) mass is 366 g/mol. The summed E-state index contributed by atoms with van der Waals surface area (Å²) >= 11 is 0. The van der Waals surface area contributed by atoms with Crippen LogP contribution in [-0.2, 0) is 20.7 Å². The molecule has 0 aliphatic carbocycles. The molecule has 6 nitrogen and oxygen atoms in total. The third kappa shape index (κ3) is 4.73. The molecular weight excluding hydrogens is 344 g/mol. The average molecular weight is 366 g/mol. The van der Waals surface area contributed by atoms with Gasteiger partial charge >= 0.3 is 5.97 Å². The summed E-state index contributed by atoms with van der Waals surface area (Å²) in [6.45, 7) is 5.45. The SMILES string of the molecule is Cc1ccc(NC(=O)[C@@H](C)OC(=O)CCc2nc3ccccc3o2)c(C)c1. The van der Waals surface area contributed by atoms with Crippen LogP contribution in [0.5, 0.6) is 0 Å². The number of hydrogen-bond acceptors (Lipinski definition) is 5. The molecule has 0 unspecified atom stereocenters. The molecule has 0 saturated carbocycles. The quantitative estimate of drug-likeness (QED) is 0.668. The van der Waals surface area contributed by atoms with E-state index < -0.39 is 12.1 Å². The van der Waals surface area contributed by atoms with E-state index in [4.69, 9.17) is 9.15 Å². The van der Waals surface area contributed by atoms with Crippen LogP contribution in [0, 0.1) is 13.8 Å². The van der Waals surface area contributed by atoms with Crippen molar-refractivity contribution in [3.63, 3.8) is 0 Å². The molecule has 0 aliphatic rings. The van der Waals surface area contributed by atoms with Gasteiger partial charge in [-0.15, -0.1) is 0 Å². The second kappa shape index (κ2) is 8.03. The first kappa shape index (κ1) is 18.6. The second-order valence-corrected chi connectivity index (χ2v) is 6.52. The van der Waals surface area contributed by atoms with Gasteiger partial charge in [-0.2, -0.15) is 0 Å². The molecule has 27 heavy (non-hydrogen) atoms. The predicted octanol–water partition coefficient (Wildman–Crippen LogP) is 3.95. The average Bonchev–Trinajstić information content (AvgIpc) is 3.05. The minimum atomic E-state index is -0.887. The van der Waals surface area contributed by atoms with E-state index in [1.54, 1.807) is 6.92 Å². The van der Waals surface area contributed by atoms with Gasteiger partial charge in [0.1, 0.15) is 5.52 Å².